The minimum absolute atomic E-state index is 0.422. The third-order valence-electron chi connectivity index (χ3n) is 5.29. The highest BCUT2D eigenvalue weighted by molar-refractivity contribution is 5.86. The summed E-state index contributed by atoms with van der Waals surface area (Å²) in [5.74, 6) is 1.99. The van der Waals surface area contributed by atoms with Gasteiger partial charge in [-0.3, -0.25) is 4.99 Å². The van der Waals surface area contributed by atoms with Crippen LogP contribution in [0.15, 0.2) is 4.99 Å². The monoisotopic (exact) mass is 263 g/mol. The lowest BCUT2D eigenvalue weighted by Crippen LogP contribution is -2.49. The Balaban J connectivity index is 1.63. The molecule has 106 valence electrons. The summed E-state index contributed by atoms with van der Waals surface area (Å²) in [4.78, 5) is 7.74. The summed E-state index contributed by atoms with van der Waals surface area (Å²) >= 11 is 0. The quantitative estimate of drug-likeness (QED) is 0.718. The van der Waals surface area contributed by atoms with Crippen LogP contribution in [0.1, 0.15) is 38.5 Å². The molecule has 2 saturated carbocycles. The molecule has 4 heteroatoms. The second kappa shape index (κ2) is 5.06. The van der Waals surface area contributed by atoms with Crippen LogP contribution in [0.2, 0.25) is 0 Å². The number of hydrogen-bond acceptors (Lipinski definition) is 4. The Bertz CT molecular complexity index is 364. The number of ether oxygens (including phenoxy) is 1. The number of piperazine rings is 1. The third-order valence-corrected chi connectivity index (χ3v) is 5.29. The van der Waals surface area contributed by atoms with E-state index in [9.17, 15) is 0 Å². The van der Waals surface area contributed by atoms with Crippen molar-refractivity contribution in [3.05, 3.63) is 0 Å². The van der Waals surface area contributed by atoms with E-state index in [1.165, 1.54) is 44.4 Å². The fourth-order valence-corrected chi connectivity index (χ4v) is 4.30. The highest BCUT2D eigenvalue weighted by atomic mass is 16.5. The molecular weight excluding hydrogens is 238 g/mol. The van der Waals surface area contributed by atoms with Gasteiger partial charge in [0.2, 0.25) is 0 Å². The zero-order valence-corrected chi connectivity index (χ0v) is 11.7. The highest BCUT2D eigenvalue weighted by Crippen LogP contribution is 2.38. The van der Waals surface area contributed by atoms with Crippen LogP contribution >= 0.6 is 0 Å². The average molecular weight is 263 g/mol. The normalized spacial score (nSPS) is 42.5. The first-order valence-corrected chi connectivity index (χ1v) is 8.10. The van der Waals surface area contributed by atoms with Crippen molar-refractivity contribution in [1.82, 2.24) is 10.2 Å². The van der Waals surface area contributed by atoms with Gasteiger partial charge < -0.3 is 15.0 Å². The molecule has 0 aromatic heterocycles. The van der Waals surface area contributed by atoms with Crippen LogP contribution in [-0.4, -0.2) is 55.2 Å². The van der Waals surface area contributed by atoms with Crippen molar-refractivity contribution in [3.63, 3.8) is 0 Å². The maximum atomic E-state index is 6.42. The summed E-state index contributed by atoms with van der Waals surface area (Å²) in [5.41, 5.74) is 0. The molecule has 3 fully saturated rings. The molecule has 2 aliphatic heterocycles. The van der Waals surface area contributed by atoms with Crippen LogP contribution in [-0.2, 0) is 4.74 Å². The van der Waals surface area contributed by atoms with E-state index in [0.717, 1.165) is 26.2 Å². The molecule has 0 aromatic carbocycles. The second-order valence-electron chi connectivity index (χ2n) is 6.47. The summed E-state index contributed by atoms with van der Waals surface area (Å²) in [6.07, 6.45) is 8.49. The topological polar surface area (TPSA) is 36.9 Å². The molecule has 19 heavy (non-hydrogen) atoms. The Morgan fingerprint density at radius 2 is 1.79 bits per heavy atom. The highest BCUT2D eigenvalue weighted by Gasteiger charge is 2.42. The summed E-state index contributed by atoms with van der Waals surface area (Å²) in [6.45, 7) is 4.45. The Morgan fingerprint density at radius 1 is 1.00 bits per heavy atom. The van der Waals surface area contributed by atoms with Crippen molar-refractivity contribution in [2.75, 3.05) is 26.2 Å². The Hall–Kier alpha value is -0.610. The van der Waals surface area contributed by atoms with Crippen LogP contribution in [0.5, 0.6) is 0 Å². The molecule has 0 bridgehead atoms. The summed E-state index contributed by atoms with van der Waals surface area (Å²) in [5, 5.41) is 3.45. The standard InChI is InChI=1S/C15H25N3O/c1-3-11-13(5-1)19-14-6-2-4-12(14)17-15(11)18-9-7-16-8-10-18/h11-14,16H,1-10H2. The van der Waals surface area contributed by atoms with E-state index in [1.54, 1.807) is 0 Å². The smallest absolute Gasteiger partial charge is 0.105 e. The number of aliphatic imine (C=N–C) groups is 1. The van der Waals surface area contributed by atoms with Crippen LogP contribution in [0.4, 0.5) is 0 Å². The number of amidine groups is 1. The summed E-state index contributed by atoms with van der Waals surface area (Å²) in [6, 6.07) is 0.454. The number of nitrogens with zero attached hydrogens (tertiary/aromatic N) is 2. The van der Waals surface area contributed by atoms with E-state index in [4.69, 9.17) is 9.73 Å². The molecular formula is C15H25N3O. The first-order valence-electron chi connectivity index (χ1n) is 8.10. The molecule has 1 N–H and O–H groups in total. The molecule has 0 spiro atoms. The van der Waals surface area contributed by atoms with Gasteiger partial charge in [-0.05, 0) is 32.1 Å². The lowest BCUT2D eigenvalue weighted by Gasteiger charge is -2.34. The lowest BCUT2D eigenvalue weighted by molar-refractivity contribution is -0.0175. The fraction of sp³-hybridized carbons (Fsp3) is 0.933. The van der Waals surface area contributed by atoms with Gasteiger partial charge in [-0.2, -0.15) is 0 Å². The largest absolute Gasteiger partial charge is 0.372 e. The molecule has 0 aromatic rings. The molecule has 2 heterocycles. The SMILES string of the molecule is C1CC2N=C(N3CCNCC3)C3CCCC3OC2C1. The predicted octanol–water partition coefficient (Wildman–Crippen LogP) is 1.41. The van der Waals surface area contributed by atoms with E-state index in [1.807, 2.05) is 0 Å². The van der Waals surface area contributed by atoms with Gasteiger partial charge in [0.1, 0.15) is 5.84 Å². The zero-order chi connectivity index (χ0) is 12.7. The van der Waals surface area contributed by atoms with Gasteiger partial charge in [0, 0.05) is 32.1 Å². The maximum absolute atomic E-state index is 6.42. The Labute approximate surface area is 115 Å². The van der Waals surface area contributed by atoms with Crippen molar-refractivity contribution in [3.8, 4) is 0 Å². The van der Waals surface area contributed by atoms with Crippen molar-refractivity contribution in [1.29, 1.82) is 0 Å². The first kappa shape index (κ1) is 12.2. The van der Waals surface area contributed by atoms with E-state index >= 15 is 0 Å². The molecule has 4 aliphatic rings. The van der Waals surface area contributed by atoms with Gasteiger partial charge in [0.05, 0.1) is 18.2 Å². The molecule has 4 rings (SSSR count). The second-order valence-corrected chi connectivity index (χ2v) is 6.47. The van der Waals surface area contributed by atoms with Crippen molar-refractivity contribution in [2.24, 2.45) is 10.9 Å². The predicted molar refractivity (Wildman–Crippen MR) is 75.5 cm³/mol. The number of hydrogen-bond donors (Lipinski definition) is 1. The molecule has 0 radical (unpaired) electrons. The molecule has 4 unspecified atom stereocenters. The van der Waals surface area contributed by atoms with E-state index < -0.39 is 0 Å². The van der Waals surface area contributed by atoms with Gasteiger partial charge in [0.15, 0.2) is 0 Å². The van der Waals surface area contributed by atoms with E-state index in [-0.39, 0.29) is 0 Å². The van der Waals surface area contributed by atoms with Crippen LogP contribution in [0.3, 0.4) is 0 Å². The van der Waals surface area contributed by atoms with Crippen molar-refractivity contribution in [2.45, 2.75) is 56.8 Å². The van der Waals surface area contributed by atoms with Gasteiger partial charge in [-0.25, -0.2) is 0 Å². The Kier molecular flexibility index (Phi) is 3.24. The summed E-state index contributed by atoms with van der Waals surface area (Å²) in [7, 11) is 0. The fourth-order valence-electron chi connectivity index (χ4n) is 4.30. The average Bonchev–Trinajstić information content (AvgIpc) is 3.06. The lowest BCUT2D eigenvalue weighted by atomic mass is 10.0. The zero-order valence-electron chi connectivity index (χ0n) is 11.7. The van der Waals surface area contributed by atoms with Gasteiger partial charge in [-0.1, -0.05) is 6.42 Å². The number of nitrogens with one attached hydrogen (secondary N) is 1. The van der Waals surface area contributed by atoms with Crippen LogP contribution < -0.4 is 5.32 Å². The number of rotatable bonds is 0. The van der Waals surface area contributed by atoms with Gasteiger partial charge in [-0.15, -0.1) is 0 Å². The number of fused-ring (bicyclic) bond motifs is 2. The first-order chi connectivity index (χ1) is 9.42. The molecule has 2 aliphatic carbocycles. The Morgan fingerprint density at radius 3 is 2.68 bits per heavy atom. The van der Waals surface area contributed by atoms with Gasteiger partial charge >= 0.3 is 0 Å². The molecule has 4 nitrogen and oxygen atoms in total. The van der Waals surface area contributed by atoms with Crippen molar-refractivity contribution < 1.29 is 4.74 Å². The molecule has 0 amide bonds. The minimum Gasteiger partial charge on any atom is -0.372 e. The van der Waals surface area contributed by atoms with Crippen LogP contribution in [0.25, 0.3) is 0 Å². The van der Waals surface area contributed by atoms with Crippen molar-refractivity contribution >= 4 is 5.84 Å². The third kappa shape index (κ3) is 2.19. The molecule has 1 saturated heterocycles. The summed E-state index contributed by atoms with van der Waals surface area (Å²) < 4.78 is 6.42. The van der Waals surface area contributed by atoms with Crippen LogP contribution in [0, 0.1) is 5.92 Å². The van der Waals surface area contributed by atoms with E-state index in [0.29, 0.717) is 24.2 Å². The minimum atomic E-state index is 0.422. The molecule has 4 atom stereocenters. The van der Waals surface area contributed by atoms with E-state index in [2.05, 4.69) is 10.2 Å². The maximum Gasteiger partial charge on any atom is 0.105 e. The van der Waals surface area contributed by atoms with Gasteiger partial charge in [0.25, 0.3) is 0 Å².